The highest BCUT2D eigenvalue weighted by molar-refractivity contribution is 5.95. The van der Waals surface area contributed by atoms with Gasteiger partial charge in [0, 0.05) is 31.3 Å². The van der Waals surface area contributed by atoms with E-state index in [9.17, 15) is 22.8 Å². The van der Waals surface area contributed by atoms with Gasteiger partial charge in [0.1, 0.15) is 11.4 Å². The summed E-state index contributed by atoms with van der Waals surface area (Å²) >= 11 is 0. The van der Waals surface area contributed by atoms with E-state index in [-0.39, 0.29) is 35.4 Å². The Morgan fingerprint density at radius 3 is 2.47 bits per heavy atom. The Balaban J connectivity index is 1.77. The number of fused-ring (bicyclic) bond motifs is 1. The molecule has 0 fully saturated rings. The third-order valence-corrected chi connectivity index (χ3v) is 4.63. The quantitative estimate of drug-likeness (QED) is 0.767. The van der Waals surface area contributed by atoms with Crippen LogP contribution in [-0.2, 0) is 4.79 Å². The minimum atomic E-state index is -4.75. The molecule has 0 saturated carbocycles. The molecule has 1 aliphatic heterocycles. The fourth-order valence-corrected chi connectivity index (χ4v) is 3.19. The van der Waals surface area contributed by atoms with Gasteiger partial charge in [0.2, 0.25) is 5.91 Å². The number of ether oxygens (including phenoxy) is 1. The van der Waals surface area contributed by atoms with Gasteiger partial charge in [0.25, 0.3) is 5.91 Å². The van der Waals surface area contributed by atoms with Gasteiger partial charge in [-0.25, -0.2) is 0 Å². The van der Waals surface area contributed by atoms with Crippen molar-refractivity contribution in [2.24, 2.45) is 5.41 Å². The van der Waals surface area contributed by atoms with Gasteiger partial charge in [-0.05, 0) is 29.2 Å². The van der Waals surface area contributed by atoms with Crippen LogP contribution in [0.5, 0.6) is 5.75 Å². The molecule has 3 rings (SSSR count). The molecular weight excluding hydrogens is 399 g/mol. The fraction of sp³-hybridized carbons (Fsp3) is 0.429. The van der Waals surface area contributed by atoms with Crippen LogP contribution in [0.2, 0.25) is 0 Å². The van der Waals surface area contributed by atoms with E-state index in [4.69, 9.17) is 0 Å². The van der Waals surface area contributed by atoms with E-state index in [1.807, 2.05) is 20.8 Å². The average molecular weight is 423 g/mol. The highest BCUT2D eigenvalue weighted by Crippen LogP contribution is 2.30. The lowest BCUT2D eigenvalue weighted by Gasteiger charge is -2.26. The van der Waals surface area contributed by atoms with Gasteiger partial charge in [-0.15, -0.1) is 13.2 Å². The Hall–Kier alpha value is -2.97. The van der Waals surface area contributed by atoms with E-state index in [2.05, 4.69) is 15.4 Å². The topological polar surface area (TPSA) is 72.4 Å². The lowest BCUT2D eigenvalue weighted by molar-refractivity contribution is -0.274. The van der Waals surface area contributed by atoms with E-state index in [1.165, 1.54) is 24.3 Å². The smallest absolute Gasteiger partial charge is 0.406 e. The van der Waals surface area contributed by atoms with Crippen molar-refractivity contribution in [3.63, 3.8) is 0 Å². The van der Waals surface area contributed by atoms with E-state index < -0.39 is 6.36 Å². The van der Waals surface area contributed by atoms with Crippen molar-refractivity contribution in [3.05, 3.63) is 42.2 Å². The van der Waals surface area contributed by atoms with E-state index >= 15 is 0 Å². The predicted octanol–water partition coefficient (Wildman–Crippen LogP) is 3.89. The van der Waals surface area contributed by atoms with Gasteiger partial charge in [0.05, 0.1) is 6.04 Å². The molecule has 0 saturated heterocycles. The minimum Gasteiger partial charge on any atom is -0.406 e. The van der Waals surface area contributed by atoms with E-state index in [1.54, 1.807) is 16.8 Å². The summed E-state index contributed by atoms with van der Waals surface area (Å²) in [6.07, 6.45) is -2.80. The van der Waals surface area contributed by atoms with Crippen molar-refractivity contribution >= 4 is 11.8 Å². The monoisotopic (exact) mass is 423 g/mol. The third kappa shape index (κ3) is 5.55. The second kappa shape index (κ2) is 8.04. The Kier molecular flexibility index (Phi) is 5.83. The van der Waals surface area contributed by atoms with Crippen LogP contribution >= 0.6 is 0 Å². The summed E-state index contributed by atoms with van der Waals surface area (Å²) < 4.78 is 42.6. The number of aromatic nitrogens is 1. The summed E-state index contributed by atoms with van der Waals surface area (Å²) in [5.74, 6) is -0.688. The van der Waals surface area contributed by atoms with Crippen LogP contribution in [0.1, 0.15) is 43.7 Å². The molecule has 30 heavy (non-hydrogen) atoms. The van der Waals surface area contributed by atoms with Gasteiger partial charge in [-0.1, -0.05) is 32.9 Å². The molecule has 1 aromatic heterocycles. The number of benzene rings is 1. The molecule has 0 aliphatic carbocycles. The van der Waals surface area contributed by atoms with Crippen molar-refractivity contribution in [2.75, 3.05) is 13.1 Å². The zero-order valence-corrected chi connectivity index (χ0v) is 17.0. The maximum atomic E-state index is 12.3. The summed E-state index contributed by atoms with van der Waals surface area (Å²) in [4.78, 5) is 24.6. The number of nitrogens with zero attached hydrogens (tertiary/aromatic N) is 1. The van der Waals surface area contributed by atoms with Crippen molar-refractivity contribution < 1.29 is 27.5 Å². The lowest BCUT2D eigenvalue weighted by atomic mass is 9.97. The van der Waals surface area contributed by atoms with Crippen molar-refractivity contribution in [2.45, 2.75) is 39.6 Å². The zero-order valence-electron chi connectivity index (χ0n) is 17.0. The second-order valence-corrected chi connectivity index (χ2v) is 8.50. The number of rotatable bonds is 5. The number of carbonyl (C=O) groups excluding carboxylic acids is 2. The Bertz CT molecular complexity index is 928. The summed E-state index contributed by atoms with van der Waals surface area (Å²) in [5, 5.41) is 5.69. The Labute approximate surface area is 172 Å². The number of halogens is 3. The third-order valence-electron chi connectivity index (χ3n) is 4.63. The zero-order chi connectivity index (χ0) is 22.1. The number of amides is 2. The van der Waals surface area contributed by atoms with Crippen molar-refractivity contribution in [1.82, 2.24) is 15.2 Å². The molecule has 1 aromatic carbocycles. The molecule has 162 valence electrons. The van der Waals surface area contributed by atoms with Crippen LogP contribution < -0.4 is 15.4 Å². The number of hydrogen-bond donors (Lipinski definition) is 2. The maximum absolute atomic E-state index is 12.3. The molecule has 2 N–H and O–H groups in total. The number of alkyl halides is 3. The molecular formula is C21H24F3N3O3. The van der Waals surface area contributed by atoms with Crippen LogP contribution in [0.15, 0.2) is 36.5 Å². The Morgan fingerprint density at radius 2 is 1.87 bits per heavy atom. The average Bonchev–Trinajstić information content (AvgIpc) is 3.08. The minimum absolute atomic E-state index is 0.0375. The first kappa shape index (κ1) is 21.7. The van der Waals surface area contributed by atoms with Crippen LogP contribution in [0.25, 0.3) is 11.1 Å². The highest BCUT2D eigenvalue weighted by atomic mass is 19.4. The largest absolute Gasteiger partial charge is 0.573 e. The van der Waals surface area contributed by atoms with Crippen molar-refractivity contribution in [3.8, 4) is 16.9 Å². The van der Waals surface area contributed by atoms with Gasteiger partial charge >= 0.3 is 6.36 Å². The summed E-state index contributed by atoms with van der Waals surface area (Å²) in [6, 6.07) is 6.83. The predicted molar refractivity (Wildman–Crippen MR) is 105 cm³/mol. The van der Waals surface area contributed by atoms with E-state index in [0.717, 1.165) is 0 Å². The van der Waals surface area contributed by atoms with Gasteiger partial charge < -0.3 is 19.9 Å². The second-order valence-electron chi connectivity index (χ2n) is 8.50. The first-order valence-electron chi connectivity index (χ1n) is 9.54. The maximum Gasteiger partial charge on any atom is 0.573 e. The SMILES string of the molecule is CC(C)(C)CNC(=O)CC1CNC(=O)c2cc(-c3ccc(OC(F)(F)F)cc3)cn21. The first-order chi connectivity index (χ1) is 13.9. The van der Waals surface area contributed by atoms with E-state index in [0.29, 0.717) is 29.9 Å². The normalized spacial score (nSPS) is 16.6. The summed E-state index contributed by atoms with van der Waals surface area (Å²) in [5.41, 5.74) is 1.67. The fourth-order valence-electron chi connectivity index (χ4n) is 3.19. The lowest BCUT2D eigenvalue weighted by Crippen LogP contribution is -2.41. The summed E-state index contributed by atoms with van der Waals surface area (Å²) in [7, 11) is 0. The molecule has 0 spiro atoms. The number of carbonyl (C=O) groups is 2. The molecule has 1 aliphatic rings. The molecule has 1 atom stereocenters. The molecule has 2 aromatic rings. The first-order valence-corrected chi connectivity index (χ1v) is 9.54. The van der Waals surface area contributed by atoms with Crippen molar-refractivity contribution in [1.29, 1.82) is 0 Å². The van der Waals surface area contributed by atoms with Crippen LogP contribution in [0, 0.1) is 5.41 Å². The van der Waals surface area contributed by atoms with Gasteiger partial charge in [-0.3, -0.25) is 9.59 Å². The molecule has 1 unspecified atom stereocenters. The number of nitrogens with one attached hydrogen (secondary N) is 2. The number of hydrogen-bond acceptors (Lipinski definition) is 3. The molecule has 0 radical (unpaired) electrons. The van der Waals surface area contributed by atoms with Crippen LogP contribution in [0.3, 0.4) is 0 Å². The molecule has 2 heterocycles. The molecule has 9 heteroatoms. The highest BCUT2D eigenvalue weighted by Gasteiger charge is 2.31. The molecule has 2 amide bonds. The summed E-state index contributed by atoms with van der Waals surface area (Å²) in [6.45, 7) is 6.93. The molecule has 0 bridgehead atoms. The van der Waals surface area contributed by atoms with Gasteiger partial charge in [0.15, 0.2) is 0 Å². The molecule has 6 nitrogen and oxygen atoms in total. The standard InChI is InChI=1S/C21H24F3N3O3/c1-20(2,3)12-26-18(28)9-15-10-25-19(29)17-8-14(11-27(15)17)13-4-6-16(7-5-13)30-21(22,23)24/h4-8,11,15H,9-10,12H2,1-3H3,(H,25,29)(H,26,28). The Morgan fingerprint density at radius 1 is 1.20 bits per heavy atom. The van der Waals surface area contributed by atoms with Crippen LogP contribution in [0.4, 0.5) is 13.2 Å². The van der Waals surface area contributed by atoms with Gasteiger partial charge in [-0.2, -0.15) is 0 Å². The van der Waals surface area contributed by atoms with Crippen LogP contribution in [-0.4, -0.2) is 35.8 Å².